The monoisotopic (exact) mass is 323 g/mol. The summed E-state index contributed by atoms with van der Waals surface area (Å²) in [6.07, 6.45) is 1.94. The summed E-state index contributed by atoms with van der Waals surface area (Å²) in [7, 11) is -2.54. The maximum atomic E-state index is 12.4. The number of hydrogen-bond acceptors (Lipinski definition) is 5. The molecular weight excluding hydrogens is 308 g/mol. The van der Waals surface area contributed by atoms with Crippen LogP contribution >= 0.6 is 11.8 Å². The van der Waals surface area contributed by atoms with Crippen LogP contribution in [0.1, 0.15) is 0 Å². The Morgan fingerprint density at radius 3 is 2.29 bits per heavy atom. The molecule has 5 nitrogen and oxygen atoms in total. The van der Waals surface area contributed by atoms with Crippen molar-refractivity contribution in [2.45, 2.75) is 9.79 Å². The number of sulfonamides is 1. The molecule has 0 spiro atoms. The molecule has 21 heavy (non-hydrogen) atoms. The van der Waals surface area contributed by atoms with E-state index in [9.17, 15) is 13.6 Å². The van der Waals surface area contributed by atoms with E-state index in [-0.39, 0.29) is 10.6 Å². The molecule has 0 aliphatic carbocycles. The van der Waals surface area contributed by atoms with Gasteiger partial charge in [0.1, 0.15) is 4.90 Å². The fourth-order valence-electron chi connectivity index (χ4n) is 1.81. The zero-order valence-corrected chi connectivity index (χ0v) is 13.2. The molecular formula is C14H15N2O3S2-. The summed E-state index contributed by atoms with van der Waals surface area (Å²) in [6, 6.07) is 13.1. The molecule has 112 valence electrons. The number of thioether (sulfide) groups is 1. The van der Waals surface area contributed by atoms with Crippen molar-refractivity contribution in [2.75, 3.05) is 23.1 Å². The number of hydrogen-bond donors (Lipinski definition) is 1. The van der Waals surface area contributed by atoms with Gasteiger partial charge in [0.15, 0.2) is 0 Å². The van der Waals surface area contributed by atoms with Gasteiger partial charge in [0, 0.05) is 16.3 Å². The Balaban J connectivity index is 2.34. The molecule has 0 unspecified atom stereocenters. The third kappa shape index (κ3) is 3.69. The molecule has 0 fully saturated rings. The topological polar surface area (TPSA) is 72.5 Å². The molecule has 2 rings (SSSR count). The Hall–Kier alpha value is -1.70. The minimum absolute atomic E-state index is 0.0450. The average Bonchev–Trinajstić information content (AvgIpc) is 2.47. The molecule has 0 aromatic heterocycles. The molecule has 2 aromatic carbocycles. The summed E-state index contributed by atoms with van der Waals surface area (Å²) in [6.45, 7) is 0. The predicted molar refractivity (Wildman–Crippen MR) is 87.2 cm³/mol. The quantitative estimate of drug-likeness (QED) is 0.676. The number of hydroxylamine groups is 1. The summed E-state index contributed by atoms with van der Waals surface area (Å²) >= 11 is 1.57. The maximum absolute atomic E-state index is 12.4. The van der Waals surface area contributed by atoms with Crippen molar-refractivity contribution in [3.63, 3.8) is 0 Å². The first kappa shape index (κ1) is 15.7. The first-order valence-electron chi connectivity index (χ1n) is 6.11. The number of nitrogens with one attached hydrogen (secondary N) is 1. The van der Waals surface area contributed by atoms with E-state index < -0.39 is 10.0 Å². The second-order valence-electron chi connectivity index (χ2n) is 4.30. The SMILES string of the molecule is CSc1ccc(NS(=O)(=O)c2ccccc2N(C)[O-])cc1. The molecule has 2 aromatic rings. The summed E-state index contributed by atoms with van der Waals surface area (Å²) < 4.78 is 27.3. The van der Waals surface area contributed by atoms with Gasteiger partial charge in [-0.2, -0.15) is 0 Å². The van der Waals surface area contributed by atoms with Crippen LogP contribution in [0.15, 0.2) is 58.3 Å². The lowest BCUT2D eigenvalue weighted by Crippen LogP contribution is -2.17. The molecule has 0 bridgehead atoms. The van der Waals surface area contributed by atoms with Crippen LogP contribution in [-0.4, -0.2) is 21.7 Å². The van der Waals surface area contributed by atoms with Gasteiger partial charge in [-0.15, -0.1) is 11.8 Å². The van der Waals surface area contributed by atoms with Crippen molar-refractivity contribution in [3.8, 4) is 0 Å². The van der Waals surface area contributed by atoms with E-state index in [1.54, 1.807) is 36.0 Å². The van der Waals surface area contributed by atoms with Crippen molar-refractivity contribution < 1.29 is 8.42 Å². The van der Waals surface area contributed by atoms with E-state index in [1.165, 1.54) is 19.2 Å². The third-order valence-electron chi connectivity index (χ3n) is 2.84. The predicted octanol–water partition coefficient (Wildman–Crippen LogP) is 3.14. The fourth-order valence-corrected chi connectivity index (χ4v) is 3.51. The van der Waals surface area contributed by atoms with Gasteiger partial charge in [-0.3, -0.25) is 4.72 Å². The highest BCUT2D eigenvalue weighted by Crippen LogP contribution is 2.26. The Labute approximate surface area is 128 Å². The van der Waals surface area contributed by atoms with Crippen LogP contribution < -0.4 is 9.79 Å². The summed E-state index contributed by atoms with van der Waals surface area (Å²) in [5.74, 6) is 0. The fraction of sp³-hybridized carbons (Fsp3) is 0.143. The van der Waals surface area contributed by atoms with Crippen LogP contribution in [0.4, 0.5) is 11.4 Å². The molecule has 0 saturated heterocycles. The molecule has 0 radical (unpaired) electrons. The van der Waals surface area contributed by atoms with Gasteiger partial charge in [0.2, 0.25) is 0 Å². The highest BCUT2D eigenvalue weighted by Gasteiger charge is 2.18. The van der Waals surface area contributed by atoms with E-state index in [2.05, 4.69) is 4.72 Å². The van der Waals surface area contributed by atoms with Gasteiger partial charge < -0.3 is 10.3 Å². The lowest BCUT2D eigenvalue weighted by atomic mass is 10.3. The number of rotatable bonds is 5. The number of benzene rings is 2. The molecule has 0 atom stereocenters. The van der Waals surface area contributed by atoms with Crippen molar-refractivity contribution in [1.82, 2.24) is 0 Å². The van der Waals surface area contributed by atoms with E-state index in [4.69, 9.17) is 0 Å². The van der Waals surface area contributed by atoms with Gasteiger partial charge in [-0.1, -0.05) is 12.1 Å². The van der Waals surface area contributed by atoms with E-state index in [0.29, 0.717) is 10.8 Å². The van der Waals surface area contributed by atoms with Gasteiger partial charge in [-0.05, 0) is 49.7 Å². The van der Waals surface area contributed by atoms with Crippen LogP contribution in [0.5, 0.6) is 0 Å². The zero-order valence-electron chi connectivity index (χ0n) is 11.6. The molecule has 0 amide bonds. The number of anilines is 2. The maximum Gasteiger partial charge on any atom is 0.263 e. The highest BCUT2D eigenvalue weighted by molar-refractivity contribution is 7.98. The largest absolute Gasteiger partial charge is 0.758 e. The van der Waals surface area contributed by atoms with Crippen molar-refractivity contribution in [3.05, 3.63) is 53.7 Å². The normalized spacial score (nSPS) is 11.2. The number of para-hydroxylation sites is 1. The minimum atomic E-state index is -3.81. The Morgan fingerprint density at radius 2 is 1.71 bits per heavy atom. The Bertz CT molecular complexity index is 713. The van der Waals surface area contributed by atoms with Gasteiger partial charge in [0.05, 0.1) is 0 Å². The first-order valence-corrected chi connectivity index (χ1v) is 8.81. The second-order valence-corrected chi connectivity index (χ2v) is 6.83. The van der Waals surface area contributed by atoms with Crippen LogP contribution in [0.25, 0.3) is 0 Å². The summed E-state index contributed by atoms with van der Waals surface area (Å²) in [5.41, 5.74) is 0.557. The minimum Gasteiger partial charge on any atom is -0.758 e. The van der Waals surface area contributed by atoms with Crippen LogP contribution in [0.3, 0.4) is 0 Å². The average molecular weight is 323 g/mol. The highest BCUT2D eigenvalue weighted by atomic mass is 32.2. The number of nitrogens with zero attached hydrogens (tertiary/aromatic N) is 1. The molecule has 0 aliphatic heterocycles. The standard InChI is InChI=1S/C14H15N2O3S2/c1-16(17)13-5-3-4-6-14(13)21(18,19)15-11-7-9-12(20-2)10-8-11/h3-10,15H,1-2H3/q-1. The van der Waals surface area contributed by atoms with E-state index in [1.807, 2.05) is 18.4 Å². The van der Waals surface area contributed by atoms with Gasteiger partial charge in [0.25, 0.3) is 10.0 Å². The van der Waals surface area contributed by atoms with Crippen molar-refractivity contribution >= 4 is 33.2 Å². The smallest absolute Gasteiger partial charge is 0.263 e. The third-order valence-corrected chi connectivity index (χ3v) is 5.01. The second kappa shape index (κ2) is 6.38. The van der Waals surface area contributed by atoms with Crippen LogP contribution in [0.2, 0.25) is 0 Å². The van der Waals surface area contributed by atoms with Crippen LogP contribution in [0, 0.1) is 5.21 Å². The van der Waals surface area contributed by atoms with Gasteiger partial charge in [-0.25, -0.2) is 8.42 Å². The molecule has 0 heterocycles. The Kier molecular flexibility index (Phi) is 4.76. The lowest BCUT2D eigenvalue weighted by Gasteiger charge is -2.27. The zero-order chi connectivity index (χ0) is 15.5. The summed E-state index contributed by atoms with van der Waals surface area (Å²) in [4.78, 5) is 0.995. The molecule has 1 N–H and O–H groups in total. The molecule has 0 saturated carbocycles. The first-order chi connectivity index (χ1) is 9.94. The van der Waals surface area contributed by atoms with E-state index >= 15 is 0 Å². The van der Waals surface area contributed by atoms with Crippen molar-refractivity contribution in [2.24, 2.45) is 0 Å². The molecule has 0 aliphatic rings. The summed E-state index contributed by atoms with van der Waals surface area (Å²) in [5, 5.41) is 12.0. The lowest BCUT2D eigenvalue weighted by molar-refractivity contribution is 0.601. The Morgan fingerprint density at radius 1 is 1.10 bits per heavy atom. The van der Waals surface area contributed by atoms with E-state index in [0.717, 1.165) is 4.90 Å². The molecule has 7 heteroatoms. The van der Waals surface area contributed by atoms with Crippen molar-refractivity contribution in [1.29, 1.82) is 0 Å². The van der Waals surface area contributed by atoms with Gasteiger partial charge >= 0.3 is 0 Å². The van der Waals surface area contributed by atoms with Crippen LogP contribution in [-0.2, 0) is 10.0 Å².